The van der Waals surface area contributed by atoms with Gasteiger partial charge in [-0.1, -0.05) is 30.3 Å². The molecule has 2 heterocycles. The van der Waals surface area contributed by atoms with Crippen LogP contribution in [0.5, 0.6) is 5.88 Å². The lowest BCUT2D eigenvalue weighted by atomic mass is 10.1. The molecule has 2 aromatic heterocycles. The van der Waals surface area contributed by atoms with Crippen LogP contribution in [-0.4, -0.2) is 42.0 Å². The van der Waals surface area contributed by atoms with Gasteiger partial charge >= 0.3 is 12.2 Å². The van der Waals surface area contributed by atoms with Crippen LogP contribution in [0.3, 0.4) is 0 Å². The average molecular weight is 409 g/mol. The van der Waals surface area contributed by atoms with Gasteiger partial charge in [-0.15, -0.1) is 5.10 Å². The van der Waals surface area contributed by atoms with Crippen molar-refractivity contribution >= 4 is 22.8 Å². The summed E-state index contributed by atoms with van der Waals surface area (Å²) in [5, 5.41) is 10.8. The molecule has 29 heavy (non-hydrogen) atoms. The third kappa shape index (κ3) is 4.57. The number of halogens is 3. The number of methoxy groups -OCH3 is 2. The lowest BCUT2D eigenvalue weighted by Gasteiger charge is -2.19. The van der Waals surface area contributed by atoms with Crippen molar-refractivity contribution in [2.24, 2.45) is 0 Å². The first kappa shape index (κ1) is 20.4. The average Bonchev–Trinajstić information content (AvgIpc) is 3.10. The normalized spacial score (nSPS) is 12.6. The number of rotatable bonds is 6. The first-order valence-corrected chi connectivity index (χ1v) is 8.45. The number of aromatic nitrogens is 3. The van der Waals surface area contributed by atoms with Gasteiger partial charge in [0.05, 0.1) is 30.7 Å². The van der Waals surface area contributed by atoms with E-state index in [0.29, 0.717) is 0 Å². The maximum absolute atomic E-state index is 13.5. The highest BCUT2D eigenvalue weighted by Crippen LogP contribution is 2.37. The molecule has 0 radical (unpaired) electrons. The van der Waals surface area contributed by atoms with Crippen molar-refractivity contribution in [1.82, 2.24) is 20.5 Å². The predicted octanol–water partition coefficient (Wildman–Crippen LogP) is 3.49. The lowest BCUT2D eigenvalue weighted by molar-refractivity contribution is -0.139. The molecule has 1 unspecified atom stereocenters. The number of urea groups is 1. The van der Waals surface area contributed by atoms with Crippen molar-refractivity contribution in [3.63, 3.8) is 0 Å². The van der Waals surface area contributed by atoms with Crippen molar-refractivity contribution < 1.29 is 27.4 Å². The Balaban J connectivity index is 1.86. The number of hydrogen-bond acceptors (Lipinski definition) is 5. The molecule has 11 heteroatoms. The Labute approximate surface area is 163 Å². The third-order valence-electron chi connectivity index (χ3n) is 4.06. The number of amides is 2. The van der Waals surface area contributed by atoms with Gasteiger partial charge in [-0.3, -0.25) is 10.4 Å². The molecule has 0 fully saturated rings. The van der Waals surface area contributed by atoms with Crippen LogP contribution in [0.2, 0.25) is 0 Å². The smallest absolute Gasteiger partial charge is 0.434 e. The van der Waals surface area contributed by atoms with Gasteiger partial charge in [0.1, 0.15) is 5.82 Å². The van der Waals surface area contributed by atoms with Crippen molar-refractivity contribution in [3.8, 4) is 5.88 Å². The minimum atomic E-state index is -4.77. The number of carbonyl (C=O) groups is 1. The summed E-state index contributed by atoms with van der Waals surface area (Å²) in [6, 6.07) is 9.03. The second kappa shape index (κ2) is 8.35. The van der Waals surface area contributed by atoms with Crippen LogP contribution < -0.4 is 15.4 Å². The van der Waals surface area contributed by atoms with Gasteiger partial charge in [-0.25, -0.2) is 9.78 Å². The largest absolute Gasteiger partial charge is 0.479 e. The van der Waals surface area contributed by atoms with Gasteiger partial charge in [0.15, 0.2) is 5.69 Å². The van der Waals surface area contributed by atoms with Gasteiger partial charge in [-0.2, -0.15) is 13.2 Å². The van der Waals surface area contributed by atoms with Crippen molar-refractivity contribution in [3.05, 3.63) is 47.7 Å². The van der Waals surface area contributed by atoms with E-state index in [1.54, 1.807) is 24.3 Å². The molecule has 3 aromatic rings. The quantitative estimate of drug-likeness (QED) is 0.579. The topological polar surface area (TPSA) is 101 Å². The minimum Gasteiger partial charge on any atom is -0.479 e. The number of aromatic amines is 1. The first-order chi connectivity index (χ1) is 13.8. The van der Waals surface area contributed by atoms with Gasteiger partial charge < -0.3 is 14.8 Å². The molecule has 1 atom stereocenters. The Hall–Kier alpha value is -3.34. The summed E-state index contributed by atoms with van der Waals surface area (Å²) in [6.07, 6.45) is -4.77. The van der Waals surface area contributed by atoms with Crippen LogP contribution in [0.15, 0.2) is 36.4 Å². The van der Waals surface area contributed by atoms with Crippen molar-refractivity contribution in [2.75, 3.05) is 26.1 Å². The standard InChI is InChI=1S/C18H18F3N5O3/c1-28-9-12(10-6-4-3-5-7-10)22-17(27)24-13-8-11-14(16(29-2)26-25-11)15(23-13)18(19,20)21/h3-8,12H,9H2,1-2H3,(H,25,26)(H2,22,23,24,27). The number of nitrogens with one attached hydrogen (secondary N) is 3. The molecule has 0 saturated heterocycles. The number of H-pyrrole nitrogens is 1. The Bertz CT molecular complexity index is 992. The summed E-state index contributed by atoms with van der Waals surface area (Å²) >= 11 is 0. The predicted molar refractivity (Wildman–Crippen MR) is 98.7 cm³/mol. The molecule has 0 aliphatic rings. The maximum Gasteiger partial charge on any atom is 0.434 e. The van der Waals surface area contributed by atoms with E-state index < -0.39 is 23.9 Å². The Kier molecular flexibility index (Phi) is 5.87. The first-order valence-electron chi connectivity index (χ1n) is 8.45. The van der Waals surface area contributed by atoms with Crippen molar-refractivity contribution in [2.45, 2.75) is 12.2 Å². The number of pyridine rings is 1. The summed E-state index contributed by atoms with van der Waals surface area (Å²) in [5.74, 6) is -0.530. The minimum absolute atomic E-state index is 0.0241. The third-order valence-corrected chi connectivity index (χ3v) is 4.06. The Morgan fingerprint density at radius 3 is 2.59 bits per heavy atom. The molecule has 3 rings (SSSR count). The number of fused-ring (bicyclic) bond motifs is 1. The van der Waals surface area contributed by atoms with E-state index in [1.165, 1.54) is 20.3 Å². The van der Waals surface area contributed by atoms with E-state index in [1.807, 2.05) is 6.07 Å². The maximum atomic E-state index is 13.5. The number of ether oxygens (including phenoxy) is 2. The van der Waals surface area contributed by atoms with Crippen LogP contribution in [0, 0.1) is 0 Å². The van der Waals surface area contributed by atoms with Gasteiger partial charge in [0.2, 0.25) is 5.88 Å². The zero-order valence-electron chi connectivity index (χ0n) is 15.5. The van der Waals surface area contributed by atoms with Crippen LogP contribution in [0.1, 0.15) is 17.3 Å². The molecule has 0 saturated carbocycles. The molecule has 2 amide bonds. The summed E-state index contributed by atoms with van der Waals surface area (Å²) in [7, 11) is 2.68. The fourth-order valence-electron chi connectivity index (χ4n) is 2.82. The van der Waals surface area contributed by atoms with Gasteiger partial charge in [0.25, 0.3) is 0 Å². The monoisotopic (exact) mass is 409 g/mol. The summed E-state index contributed by atoms with van der Waals surface area (Å²) < 4.78 is 50.3. The van der Waals surface area contributed by atoms with E-state index in [2.05, 4.69) is 25.8 Å². The molecule has 8 nitrogen and oxygen atoms in total. The number of nitrogens with zero attached hydrogens (tertiary/aromatic N) is 2. The number of benzene rings is 1. The van der Waals surface area contributed by atoms with E-state index in [-0.39, 0.29) is 29.2 Å². The zero-order chi connectivity index (χ0) is 21.0. The van der Waals surface area contributed by atoms with Crippen LogP contribution >= 0.6 is 0 Å². The number of alkyl halides is 3. The van der Waals surface area contributed by atoms with E-state index in [0.717, 1.165) is 5.56 Å². The van der Waals surface area contributed by atoms with Crippen LogP contribution in [0.4, 0.5) is 23.8 Å². The molecule has 0 aliphatic carbocycles. The fraction of sp³-hybridized carbons (Fsp3) is 0.278. The number of hydrogen-bond donors (Lipinski definition) is 3. The highest BCUT2D eigenvalue weighted by Gasteiger charge is 2.37. The Morgan fingerprint density at radius 1 is 1.24 bits per heavy atom. The van der Waals surface area contributed by atoms with Crippen LogP contribution in [-0.2, 0) is 10.9 Å². The highest BCUT2D eigenvalue weighted by atomic mass is 19.4. The summed E-state index contributed by atoms with van der Waals surface area (Å²) in [4.78, 5) is 15.9. The second-order valence-electron chi connectivity index (χ2n) is 6.03. The second-order valence-corrected chi connectivity index (χ2v) is 6.03. The van der Waals surface area contributed by atoms with Gasteiger partial charge in [-0.05, 0) is 5.56 Å². The lowest BCUT2D eigenvalue weighted by Crippen LogP contribution is -2.35. The SMILES string of the molecule is COCC(NC(=O)Nc1cc2[nH]nc(OC)c2c(C(F)(F)F)n1)c1ccccc1. The van der Waals surface area contributed by atoms with Crippen LogP contribution in [0.25, 0.3) is 10.9 Å². The molecule has 154 valence electrons. The molecule has 0 bridgehead atoms. The summed E-state index contributed by atoms with van der Waals surface area (Å²) in [5.41, 5.74) is -0.412. The molecular formula is C18H18F3N5O3. The van der Waals surface area contributed by atoms with Gasteiger partial charge in [0, 0.05) is 13.2 Å². The molecule has 1 aromatic carbocycles. The Morgan fingerprint density at radius 2 is 1.97 bits per heavy atom. The van der Waals surface area contributed by atoms with Crippen molar-refractivity contribution in [1.29, 1.82) is 0 Å². The molecule has 0 spiro atoms. The summed E-state index contributed by atoms with van der Waals surface area (Å²) in [6.45, 7) is 0.176. The molecule has 0 aliphatic heterocycles. The molecular weight excluding hydrogens is 391 g/mol. The number of anilines is 1. The van der Waals surface area contributed by atoms with E-state index >= 15 is 0 Å². The number of carbonyl (C=O) groups excluding carboxylic acids is 1. The zero-order valence-corrected chi connectivity index (χ0v) is 15.5. The fourth-order valence-corrected chi connectivity index (χ4v) is 2.82. The molecule has 3 N–H and O–H groups in total. The highest BCUT2D eigenvalue weighted by molar-refractivity contribution is 5.93. The van der Waals surface area contributed by atoms with E-state index in [4.69, 9.17) is 9.47 Å². The van der Waals surface area contributed by atoms with E-state index in [9.17, 15) is 18.0 Å².